The number of anilines is 1. The van der Waals surface area contributed by atoms with Gasteiger partial charge in [-0.3, -0.25) is 9.59 Å². The Labute approximate surface area is 241 Å². The molecule has 1 aliphatic rings. The van der Waals surface area contributed by atoms with Gasteiger partial charge in [-0.2, -0.15) is 23.5 Å². The highest BCUT2D eigenvalue weighted by Gasteiger charge is 2.38. The van der Waals surface area contributed by atoms with Crippen molar-refractivity contribution in [3.63, 3.8) is 0 Å². The summed E-state index contributed by atoms with van der Waals surface area (Å²) in [4.78, 5) is 31.1. The van der Waals surface area contributed by atoms with Crippen LogP contribution >= 0.6 is 11.6 Å². The number of nitrogens with one attached hydrogen (secondary N) is 2. The number of benzene rings is 1. The van der Waals surface area contributed by atoms with E-state index in [0.717, 1.165) is 17.5 Å². The van der Waals surface area contributed by atoms with E-state index in [1.807, 2.05) is 13.0 Å². The summed E-state index contributed by atoms with van der Waals surface area (Å²) in [5.41, 5.74) is 0.751. The number of alkyl halides is 3. The van der Waals surface area contributed by atoms with Crippen LogP contribution in [-0.4, -0.2) is 52.8 Å². The van der Waals surface area contributed by atoms with E-state index in [4.69, 9.17) is 11.6 Å². The summed E-state index contributed by atoms with van der Waals surface area (Å²) in [6, 6.07) is 9.12. The lowest BCUT2D eigenvalue weighted by molar-refractivity contribution is -0.147. The minimum absolute atomic E-state index is 0.00700. The minimum Gasteiger partial charge on any atom is -0.349 e. The lowest BCUT2D eigenvalue weighted by Crippen LogP contribution is -2.35. The van der Waals surface area contributed by atoms with Gasteiger partial charge in [0.2, 0.25) is 0 Å². The molecule has 16 heteroatoms. The number of nitrogens with zero attached hydrogens (tertiary/aromatic N) is 8. The van der Waals surface area contributed by atoms with Crippen molar-refractivity contribution >= 4 is 29.1 Å². The number of tetrazole rings is 1. The molecule has 2 N–H and O–H groups in total. The molecule has 2 amide bonds. The standard InChI is InChI=1S/C26H22ClF3N10O2/c1-13-8-15(11-31)9-18(23(41)33-14(2)16-5-6-16)21(13)34-24(42)20-10-17(12-39-25(26(28,29)30)35-37-38-39)36-40(20)22-19(27)4-3-7-32-22/h3-4,7-10,14,16H,5-6,12H2,1-2H3,(H,33,41)(H,34,42). The van der Waals surface area contributed by atoms with Crippen LogP contribution < -0.4 is 10.6 Å². The smallest absolute Gasteiger partial charge is 0.349 e. The van der Waals surface area contributed by atoms with Gasteiger partial charge in [-0.05, 0) is 78.9 Å². The van der Waals surface area contributed by atoms with Gasteiger partial charge in [0.05, 0.1) is 40.1 Å². The van der Waals surface area contributed by atoms with Gasteiger partial charge in [0.1, 0.15) is 5.69 Å². The molecule has 0 bridgehead atoms. The van der Waals surface area contributed by atoms with Crippen LogP contribution in [0.3, 0.4) is 0 Å². The fraction of sp³-hybridized carbons (Fsp3) is 0.308. The van der Waals surface area contributed by atoms with Gasteiger partial charge in [0.15, 0.2) is 5.82 Å². The molecule has 4 aromatic rings. The third-order valence-electron chi connectivity index (χ3n) is 6.67. The second kappa shape index (κ2) is 11.2. The van der Waals surface area contributed by atoms with Crippen LogP contribution in [0.4, 0.5) is 18.9 Å². The number of hydrogen-bond donors (Lipinski definition) is 2. The number of carbonyl (C=O) groups is 2. The van der Waals surface area contributed by atoms with E-state index in [0.29, 0.717) is 16.2 Å². The number of carbonyl (C=O) groups excluding carboxylic acids is 2. The van der Waals surface area contributed by atoms with Crippen molar-refractivity contribution in [2.24, 2.45) is 5.92 Å². The maximum absolute atomic E-state index is 13.7. The Morgan fingerprint density at radius 1 is 1.24 bits per heavy atom. The number of amides is 2. The summed E-state index contributed by atoms with van der Waals surface area (Å²) >= 11 is 6.31. The molecule has 1 saturated carbocycles. The van der Waals surface area contributed by atoms with Crippen molar-refractivity contribution in [1.82, 2.24) is 40.3 Å². The first-order valence-corrected chi connectivity index (χ1v) is 13.0. The van der Waals surface area contributed by atoms with E-state index in [9.17, 15) is 28.0 Å². The van der Waals surface area contributed by atoms with Gasteiger partial charge in [-0.1, -0.05) is 11.6 Å². The van der Waals surface area contributed by atoms with Gasteiger partial charge in [-0.25, -0.2) is 14.3 Å². The summed E-state index contributed by atoms with van der Waals surface area (Å²) in [5.74, 6) is -2.17. The van der Waals surface area contributed by atoms with Crippen LogP contribution in [-0.2, 0) is 12.7 Å². The van der Waals surface area contributed by atoms with E-state index < -0.39 is 30.4 Å². The molecule has 0 radical (unpaired) electrons. The molecule has 0 spiro atoms. The van der Waals surface area contributed by atoms with Gasteiger partial charge in [0.25, 0.3) is 17.6 Å². The topological polar surface area (TPSA) is 156 Å². The summed E-state index contributed by atoms with van der Waals surface area (Å²) < 4.78 is 41.6. The Morgan fingerprint density at radius 2 is 2.00 bits per heavy atom. The highest BCUT2D eigenvalue weighted by atomic mass is 35.5. The SMILES string of the molecule is Cc1cc(C#N)cc(C(=O)NC(C)C2CC2)c1NC(=O)c1cc(Cn2nnnc2C(F)(F)F)nn1-c1ncccc1Cl. The van der Waals surface area contributed by atoms with Gasteiger partial charge < -0.3 is 10.6 Å². The Morgan fingerprint density at radius 3 is 2.67 bits per heavy atom. The molecular weight excluding hydrogens is 577 g/mol. The highest BCUT2D eigenvalue weighted by molar-refractivity contribution is 6.32. The Balaban J connectivity index is 1.53. The van der Waals surface area contributed by atoms with Crippen LogP contribution in [0.25, 0.3) is 5.82 Å². The molecule has 12 nitrogen and oxygen atoms in total. The quantitative estimate of drug-likeness (QED) is 0.309. The van der Waals surface area contributed by atoms with Crippen LogP contribution in [0, 0.1) is 24.2 Å². The third kappa shape index (κ3) is 5.93. The number of rotatable bonds is 8. The molecule has 1 fully saturated rings. The first-order valence-electron chi connectivity index (χ1n) is 12.7. The second-order valence-electron chi connectivity index (χ2n) is 9.78. The first kappa shape index (κ1) is 28.7. The third-order valence-corrected chi connectivity index (χ3v) is 6.96. The largest absolute Gasteiger partial charge is 0.453 e. The van der Waals surface area contributed by atoms with Crippen LogP contribution in [0.1, 0.15) is 63.3 Å². The number of aryl methyl sites for hydroxylation is 1. The van der Waals surface area contributed by atoms with Gasteiger partial charge >= 0.3 is 6.18 Å². The van der Waals surface area contributed by atoms with Crippen molar-refractivity contribution in [2.45, 2.75) is 45.5 Å². The van der Waals surface area contributed by atoms with Crippen molar-refractivity contribution in [3.05, 3.63) is 75.5 Å². The molecule has 0 saturated heterocycles. The summed E-state index contributed by atoms with van der Waals surface area (Å²) in [6.07, 6.45) is -1.42. The highest BCUT2D eigenvalue weighted by Crippen LogP contribution is 2.33. The fourth-order valence-electron chi connectivity index (χ4n) is 4.40. The van der Waals surface area contributed by atoms with Crippen molar-refractivity contribution in [1.29, 1.82) is 5.26 Å². The van der Waals surface area contributed by atoms with Crippen molar-refractivity contribution in [3.8, 4) is 11.9 Å². The van der Waals surface area contributed by atoms with E-state index in [1.165, 1.54) is 30.5 Å². The van der Waals surface area contributed by atoms with E-state index in [-0.39, 0.29) is 45.1 Å². The maximum atomic E-state index is 13.7. The average Bonchev–Trinajstić information content (AvgIpc) is 3.55. The zero-order valence-corrected chi connectivity index (χ0v) is 22.9. The number of aromatic nitrogens is 7. The molecule has 3 aromatic heterocycles. The molecule has 1 atom stereocenters. The number of halogens is 4. The van der Waals surface area contributed by atoms with Crippen molar-refractivity contribution in [2.75, 3.05) is 5.32 Å². The van der Waals surface area contributed by atoms with Crippen LogP contribution in [0.15, 0.2) is 36.5 Å². The zero-order valence-electron chi connectivity index (χ0n) is 22.1. The van der Waals surface area contributed by atoms with E-state index in [1.54, 1.807) is 13.0 Å². The van der Waals surface area contributed by atoms with Gasteiger partial charge in [-0.15, -0.1) is 5.10 Å². The Kier molecular flexibility index (Phi) is 7.65. The first-order chi connectivity index (χ1) is 20.0. The molecule has 1 unspecified atom stereocenters. The summed E-state index contributed by atoms with van der Waals surface area (Å²) in [7, 11) is 0. The number of pyridine rings is 1. The van der Waals surface area contributed by atoms with Crippen molar-refractivity contribution < 1.29 is 22.8 Å². The molecule has 3 heterocycles. The predicted octanol–water partition coefficient (Wildman–Crippen LogP) is 3.94. The van der Waals surface area contributed by atoms with E-state index in [2.05, 4.69) is 36.2 Å². The average molecular weight is 599 g/mol. The minimum atomic E-state index is -4.82. The lowest BCUT2D eigenvalue weighted by Gasteiger charge is -2.18. The molecule has 0 aliphatic heterocycles. The monoisotopic (exact) mass is 598 g/mol. The summed E-state index contributed by atoms with van der Waals surface area (Å²) in [6.45, 7) is 2.99. The Bertz CT molecular complexity index is 1720. The number of nitriles is 1. The van der Waals surface area contributed by atoms with E-state index >= 15 is 0 Å². The summed E-state index contributed by atoms with van der Waals surface area (Å²) in [5, 5.41) is 29.0. The molecule has 1 aromatic carbocycles. The lowest BCUT2D eigenvalue weighted by atomic mass is 10.0. The molecule has 42 heavy (non-hydrogen) atoms. The zero-order chi connectivity index (χ0) is 30.2. The normalized spacial score (nSPS) is 13.8. The number of hydrogen-bond acceptors (Lipinski definition) is 8. The van der Waals surface area contributed by atoms with Gasteiger partial charge in [0, 0.05) is 12.2 Å². The van der Waals surface area contributed by atoms with Crippen LogP contribution in [0.5, 0.6) is 0 Å². The maximum Gasteiger partial charge on any atom is 0.453 e. The molecule has 216 valence electrons. The second-order valence-corrected chi connectivity index (χ2v) is 10.2. The van der Waals surface area contributed by atoms with Crippen LogP contribution in [0.2, 0.25) is 5.02 Å². The molecule has 5 rings (SSSR count). The fourth-order valence-corrected chi connectivity index (χ4v) is 4.61. The molecular formula is C26H22ClF3N10O2. The molecule has 1 aliphatic carbocycles. The Hall–Kier alpha value is -4.84. The predicted molar refractivity (Wildman–Crippen MR) is 142 cm³/mol.